The van der Waals surface area contributed by atoms with Crippen molar-refractivity contribution in [2.75, 3.05) is 0 Å². The number of thioether (sulfide) groups is 1. The number of rotatable bonds is 4. The molecule has 2 aromatic rings. The van der Waals surface area contributed by atoms with E-state index < -0.39 is 0 Å². The van der Waals surface area contributed by atoms with Gasteiger partial charge in [-0.3, -0.25) is 0 Å². The first-order valence-corrected chi connectivity index (χ1v) is 7.43. The third-order valence-corrected chi connectivity index (χ3v) is 4.31. The molecule has 18 heavy (non-hydrogen) atoms. The van der Waals surface area contributed by atoms with Gasteiger partial charge in [0.2, 0.25) is 0 Å². The summed E-state index contributed by atoms with van der Waals surface area (Å²) < 4.78 is 0.992. The van der Waals surface area contributed by atoms with E-state index in [0.717, 1.165) is 15.1 Å². The van der Waals surface area contributed by atoms with E-state index in [0.29, 0.717) is 0 Å². The van der Waals surface area contributed by atoms with Gasteiger partial charge in [-0.2, -0.15) is 0 Å². The van der Waals surface area contributed by atoms with Crippen LogP contribution in [0.4, 0.5) is 0 Å². The monoisotopic (exact) mass is 322 g/mol. The maximum atomic E-state index is 6.26. The van der Waals surface area contributed by atoms with Crippen molar-refractivity contribution in [3.63, 3.8) is 0 Å². The predicted octanol–water partition coefficient (Wildman–Crippen LogP) is 4.02. The molecule has 0 radical (unpaired) electrons. The third-order valence-electron chi connectivity index (χ3n) is 2.70. The van der Waals surface area contributed by atoms with Crippen LogP contribution in [0.25, 0.3) is 0 Å². The summed E-state index contributed by atoms with van der Waals surface area (Å²) in [5.41, 5.74) is 7.42. The summed E-state index contributed by atoms with van der Waals surface area (Å²) in [5, 5.41) is 1.28. The molecule has 1 aromatic carbocycles. The Labute approximate surface area is 120 Å². The smallest absolute Gasteiger partial charge is 0.0963 e. The van der Waals surface area contributed by atoms with Crippen LogP contribution in [0, 0.1) is 0 Å². The quantitative estimate of drug-likeness (QED) is 0.864. The number of nitrogens with two attached hydrogens (primary N) is 1. The van der Waals surface area contributed by atoms with Gasteiger partial charge in [0.15, 0.2) is 0 Å². The van der Waals surface area contributed by atoms with E-state index in [2.05, 4.69) is 40.0 Å². The van der Waals surface area contributed by atoms with Crippen molar-refractivity contribution in [2.45, 2.75) is 23.2 Å². The summed E-state index contributed by atoms with van der Waals surface area (Å²) >= 11 is 5.08. The maximum Gasteiger partial charge on any atom is 0.0963 e. The summed E-state index contributed by atoms with van der Waals surface area (Å²) in [6, 6.07) is 14.2. The van der Waals surface area contributed by atoms with Gasteiger partial charge in [-0.1, -0.05) is 37.3 Å². The van der Waals surface area contributed by atoms with Crippen molar-refractivity contribution >= 4 is 27.7 Å². The van der Waals surface area contributed by atoms with Gasteiger partial charge >= 0.3 is 0 Å². The zero-order chi connectivity index (χ0) is 13.0. The second kappa shape index (κ2) is 6.36. The minimum absolute atomic E-state index is 0.0154. The zero-order valence-electron chi connectivity index (χ0n) is 10.1. The highest BCUT2D eigenvalue weighted by Gasteiger charge is 2.16. The lowest BCUT2D eigenvalue weighted by atomic mass is 10.1. The minimum atomic E-state index is 0.0154. The van der Waals surface area contributed by atoms with Crippen LogP contribution in [-0.4, -0.2) is 10.2 Å². The summed E-state index contributed by atoms with van der Waals surface area (Å²) in [4.78, 5) is 4.35. The van der Waals surface area contributed by atoms with Crippen molar-refractivity contribution in [3.8, 4) is 0 Å². The summed E-state index contributed by atoms with van der Waals surface area (Å²) in [6.07, 6.45) is 1.81. The van der Waals surface area contributed by atoms with E-state index in [1.807, 2.05) is 36.5 Å². The molecule has 2 atom stereocenters. The Morgan fingerprint density at radius 2 is 1.89 bits per heavy atom. The van der Waals surface area contributed by atoms with Gasteiger partial charge < -0.3 is 5.73 Å². The molecule has 0 fully saturated rings. The van der Waals surface area contributed by atoms with Gasteiger partial charge in [0.25, 0.3) is 0 Å². The topological polar surface area (TPSA) is 38.9 Å². The van der Waals surface area contributed by atoms with Gasteiger partial charge in [-0.25, -0.2) is 4.98 Å². The molecule has 4 heteroatoms. The van der Waals surface area contributed by atoms with Gasteiger partial charge in [0, 0.05) is 22.0 Å². The van der Waals surface area contributed by atoms with Crippen molar-refractivity contribution in [1.82, 2.24) is 4.98 Å². The van der Waals surface area contributed by atoms with Crippen LogP contribution in [0.1, 0.15) is 18.5 Å². The Hall–Kier alpha value is -0.840. The van der Waals surface area contributed by atoms with Crippen LogP contribution in [-0.2, 0) is 0 Å². The van der Waals surface area contributed by atoms with Crippen LogP contribution < -0.4 is 5.73 Å². The number of hydrogen-bond donors (Lipinski definition) is 1. The SMILES string of the molecule is CC(Sc1ccc(Br)cn1)C(N)c1ccccc1. The van der Waals surface area contributed by atoms with Crippen molar-refractivity contribution < 1.29 is 0 Å². The molecule has 0 aliphatic carbocycles. The van der Waals surface area contributed by atoms with Crippen molar-refractivity contribution in [3.05, 3.63) is 58.7 Å². The van der Waals surface area contributed by atoms with Crippen molar-refractivity contribution in [1.29, 1.82) is 0 Å². The van der Waals surface area contributed by atoms with Gasteiger partial charge in [0.05, 0.1) is 5.03 Å². The molecular weight excluding hydrogens is 308 g/mol. The molecule has 1 aromatic heterocycles. The second-order valence-electron chi connectivity index (χ2n) is 4.07. The average molecular weight is 323 g/mol. The highest BCUT2D eigenvalue weighted by atomic mass is 79.9. The number of pyridine rings is 1. The molecule has 2 unspecified atom stereocenters. The molecule has 0 saturated heterocycles. The van der Waals surface area contributed by atoms with Crippen molar-refractivity contribution in [2.24, 2.45) is 5.73 Å². The van der Waals surface area contributed by atoms with E-state index >= 15 is 0 Å². The highest BCUT2D eigenvalue weighted by Crippen LogP contribution is 2.29. The van der Waals surface area contributed by atoms with E-state index in [-0.39, 0.29) is 11.3 Å². The molecule has 0 aliphatic heterocycles. The molecule has 0 bridgehead atoms. The minimum Gasteiger partial charge on any atom is -0.323 e. The summed E-state index contributed by atoms with van der Waals surface area (Å²) in [7, 11) is 0. The first kappa shape index (κ1) is 13.6. The fourth-order valence-electron chi connectivity index (χ4n) is 1.64. The molecule has 1 heterocycles. The third kappa shape index (κ3) is 3.57. The van der Waals surface area contributed by atoms with Crippen LogP contribution in [0.2, 0.25) is 0 Å². The lowest BCUT2D eigenvalue weighted by Crippen LogP contribution is -2.21. The van der Waals surface area contributed by atoms with E-state index in [9.17, 15) is 0 Å². The van der Waals surface area contributed by atoms with Crippen LogP contribution >= 0.6 is 27.7 Å². The Balaban J connectivity index is 2.03. The zero-order valence-corrected chi connectivity index (χ0v) is 12.5. The Morgan fingerprint density at radius 1 is 1.17 bits per heavy atom. The van der Waals surface area contributed by atoms with Crippen LogP contribution in [0.15, 0.2) is 58.2 Å². The van der Waals surface area contributed by atoms with Crippen LogP contribution in [0.3, 0.4) is 0 Å². The number of hydrogen-bond acceptors (Lipinski definition) is 3. The molecule has 2 rings (SSSR count). The van der Waals surface area contributed by atoms with E-state index in [1.165, 1.54) is 0 Å². The largest absolute Gasteiger partial charge is 0.323 e. The number of benzene rings is 1. The molecule has 94 valence electrons. The predicted molar refractivity (Wildman–Crippen MR) is 80.6 cm³/mol. The molecule has 2 N–H and O–H groups in total. The summed E-state index contributed by atoms with van der Waals surface area (Å²) in [6.45, 7) is 2.13. The first-order chi connectivity index (χ1) is 8.66. The fourth-order valence-corrected chi connectivity index (χ4v) is 2.82. The molecule has 0 aliphatic rings. The van der Waals surface area contributed by atoms with Crippen LogP contribution in [0.5, 0.6) is 0 Å². The molecule has 2 nitrogen and oxygen atoms in total. The van der Waals surface area contributed by atoms with Gasteiger partial charge in [-0.05, 0) is 33.6 Å². The Kier molecular flexibility index (Phi) is 4.80. The van der Waals surface area contributed by atoms with Gasteiger partial charge in [0.1, 0.15) is 0 Å². The second-order valence-corrected chi connectivity index (χ2v) is 6.39. The lowest BCUT2D eigenvalue weighted by molar-refractivity contribution is 0.714. The maximum absolute atomic E-state index is 6.26. The number of halogens is 1. The van der Waals surface area contributed by atoms with E-state index in [1.54, 1.807) is 11.8 Å². The Morgan fingerprint density at radius 3 is 2.50 bits per heavy atom. The highest BCUT2D eigenvalue weighted by molar-refractivity contribution is 9.10. The first-order valence-electron chi connectivity index (χ1n) is 5.75. The molecule has 0 saturated carbocycles. The number of nitrogens with zero attached hydrogens (tertiary/aromatic N) is 1. The fraction of sp³-hybridized carbons (Fsp3) is 0.214. The molecular formula is C14H15BrN2S. The summed E-state index contributed by atoms with van der Waals surface area (Å²) in [5.74, 6) is 0. The van der Waals surface area contributed by atoms with E-state index in [4.69, 9.17) is 5.73 Å². The molecule has 0 spiro atoms. The average Bonchev–Trinajstić information content (AvgIpc) is 2.41. The molecule has 0 amide bonds. The van der Waals surface area contributed by atoms with Gasteiger partial charge in [-0.15, -0.1) is 11.8 Å². The lowest BCUT2D eigenvalue weighted by Gasteiger charge is -2.19. The Bertz CT molecular complexity index is 487. The standard InChI is InChI=1S/C14H15BrN2S/c1-10(14(16)11-5-3-2-4-6-11)18-13-8-7-12(15)9-17-13/h2-10,14H,16H2,1H3. The number of aromatic nitrogens is 1. The normalized spacial score (nSPS) is 14.2.